The van der Waals surface area contributed by atoms with Gasteiger partial charge in [0.2, 0.25) is 0 Å². The van der Waals surface area contributed by atoms with Crippen molar-refractivity contribution >= 4 is 22.7 Å². The second-order valence-corrected chi connectivity index (χ2v) is 5.31. The van der Waals surface area contributed by atoms with Crippen LogP contribution in [0.5, 0.6) is 0 Å². The molecule has 1 heterocycles. The normalized spacial score (nSPS) is 12.8. The Labute approximate surface area is 115 Å². The molecule has 0 amide bonds. The molecule has 0 saturated carbocycles. The molecule has 0 radical (unpaired) electrons. The number of hydrogen-bond acceptors (Lipinski definition) is 5. The summed E-state index contributed by atoms with van der Waals surface area (Å²) in [7, 11) is 0. The van der Waals surface area contributed by atoms with Crippen LogP contribution in [0.1, 0.15) is 11.5 Å². The molecule has 0 aliphatic rings. The first-order chi connectivity index (χ1) is 9.13. The third-order valence-electron chi connectivity index (χ3n) is 2.83. The molecule has 19 heavy (non-hydrogen) atoms. The second-order valence-electron chi connectivity index (χ2n) is 4.28. The number of aryl methyl sites for hydroxylation is 1. The highest BCUT2D eigenvalue weighted by molar-refractivity contribution is 7.98. The van der Waals surface area contributed by atoms with Gasteiger partial charge in [-0.2, -0.15) is 0 Å². The summed E-state index contributed by atoms with van der Waals surface area (Å²) >= 11 is 1.38. The minimum Gasteiger partial charge on any atom is -0.711 e. The number of hydrogen-bond donors (Lipinski definition) is 2. The molecule has 1 aromatic heterocycles. The molecule has 1 atom stereocenters. The quantitative estimate of drug-likeness (QED) is 0.624. The summed E-state index contributed by atoms with van der Waals surface area (Å²) in [4.78, 5) is 4.34. The van der Waals surface area contributed by atoms with E-state index in [1.54, 1.807) is 6.92 Å². The molecule has 0 saturated heterocycles. The van der Waals surface area contributed by atoms with Crippen molar-refractivity contribution in [3.63, 3.8) is 0 Å². The third-order valence-corrected chi connectivity index (χ3v) is 3.92. The number of fused-ring (bicyclic) bond motifs is 1. The van der Waals surface area contributed by atoms with Gasteiger partial charge in [0.1, 0.15) is 5.69 Å². The van der Waals surface area contributed by atoms with E-state index in [0.29, 0.717) is 23.0 Å². The van der Waals surface area contributed by atoms with E-state index in [9.17, 15) is 10.3 Å². The molecule has 0 aliphatic heterocycles. The number of para-hydroxylation sites is 1. The largest absolute Gasteiger partial charge is 0.711 e. The molecule has 5 nitrogen and oxygen atoms in total. The number of aromatic nitrogens is 2. The Morgan fingerprint density at radius 2 is 2.16 bits per heavy atom. The predicted octanol–water partition coefficient (Wildman–Crippen LogP) is 0.763. The van der Waals surface area contributed by atoms with Crippen LogP contribution in [0.25, 0.3) is 10.9 Å². The van der Waals surface area contributed by atoms with Gasteiger partial charge < -0.3 is 15.4 Å². The van der Waals surface area contributed by atoms with Gasteiger partial charge in [0, 0.05) is 5.75 Å². The van der Waals surface area contributed by atoms with Crippen molar-refractivity contribution in [1.82, 2.24) is 4.98 Å². The van der Waals surface area contributed by atoms with Gasteiger partial charge in [-0.3, -0.25) is 0 Å². The van der Waals surface area contributed by atoms with Gasteiger partial charge in [0.15, 0.2) is 5.52 Å². The van der Waals surface area contributed by atoms with E-state index in [2.05, 4.69) is 4.98 Å². The van der Waals surface area contributed by atoms with Crippen molar-refractivity contribution in [2.75, 3.05) is 12.4 Å². The van der Waals surface area contributed by atoms with E-state index in [1.165, 1.54) is 11.8 Å². The van der Waals surface area contributed by atoms with E-state index >= 15 is 0 Å². The highest BCUT2D eigenvalue weighted by Gasteiger charge is 2.15. The molecule has 0 unspecified atom stereocenters. The molecule has 2 N–H and O–H groups in total. The smallest absolute Gasteiger partial charge is 0.312 e. The molecule has 0 aliphatic carbocycles. The van der Waals surface area contributed by atoms with Gasteiger partial charge in [-0.1, -0.05) is 12.1 Å². The van der Waals surface area contributed by atoms with E-state index in [1.807, 2.05) is 24.3 Å². The van der Waals surface area contributed by atoms with Crippen LogP contribution in [0, 0.1) is 12.1 Å². The van der Waals surface area contributed by atoms with Crippen molar-refractivity contribution in [2.24, 2.45) is 0 Å². The SMILES string of the molecule is Cc1c2ccccc2nc(CSC[C@@H](O)CO)[n+]1[O-]. The predicted molar refractivity (Wildman–Crippen MR) is 74.7 cm³/mol. The first kappa shape index (κ1) is 14.0. The van der Waals surface area contributed by atoms with Crippen LogP contribution < -0.4 is 4.73 Å². The first-order valence-electron chi connectivity index (χ1n) is 5.98. The molecular formula is C13H16N2O3S. The van der Waals surface area contributed by atoms with E-state index in [-0.39, 0.29) is 6.61 Å². The van der Waals surface area contributed by atoms with Gasteiger partial charge in [-0.25, -0.2) is 4.73 Å². The standard InChI is InChI=1S/C13H16N2O3S/c1-9-11-4-2-3-5-12(11)14-13(15(9)18)8-19-7-10(17)6-16/h2-5,10,16-17H,6-8H2,1H3/t10-/m0/s1. The van der Waals surface area contributed by atoms with Crippen molar-refractivity contribution in [2.45, 2.75) is 18.8 Å². The molecule has 0 fully saturated rings. The maximum Gasteiger partial charge on any atom is 0.312 e. The number of aliphatic hydroxyl groups is 2. The summed E-state index contributed by atoms with van der Waals surface area (Å²) in [5.41, 5.74) is 1.43. The number of thioether (sulfide) groups is 1. The monoisotopic (exact) mass is 280 g/mol. The lowest BCUT2D eigenvalue weighted by molar-refractivity contribution is -0.621. The number of nitrogens with zero attached hydrogens (tertiary/aromatic N) is 2. The van der Waals surface area contributed by atoms with Crippen LogP contribution in [0.2, 0.25) is 0 Å². The highest BCUT2D eigenvalue weighted by Crippen LogP contribution is 2.16. The Kier molecular flexibility index (Phi) is 4.57. The Hall–Kier alpha value is -1.37. The maximum atomic E-state index is 12.1. The van der Waals surface area contributed by atoms with E-state index in [0.717, 1.165) is 15.6 Å². The zero-order valence-corrected chi connectivity index (χ0v) is 11.4. The van der Waals surface area contributed by atoms with Crippen LogP contribution in [-0.4, -0.2) is 33.7 Å². The summed E-state index contributed by atoms with van der Waals surface area (Å²) in [6.45, 7) is 1.50. The van der Waals surface area contributed by atoms with Crippen molar-refractivity contribution in [3.05, 3.63) is 41.0 Å². The zero-order chi connectivity index (χ0) is 13.8. The number of aliphatic hydroxyl groups excluding tert-OH is 2. The number of benzene rings is 1. The second kappa shape index (κ2) is 6.18. The van der Waals surface area contributed by atoms with Gasteiger partial charge in [-0.05, 0) is 24.0 Å². The number of rotatable bonds is 5. The van der Waals surface area contributed by atoms with Gasteiger partial charge >= 0.3 is 5.82 Å². The summed E-state index contributed by atoms with van der Waals surface area (Å²) in [5, 5.41) is 30.9. The topological polar surface area (TPSA) is 80.3 Å². The molecule has 0 spiro atoms. The molecule has 2 aromatic rings. The van der Waals surface area contributed by atoms with Crippen molar-refractivity contribution in [1.29, 1.82) is 0 Å². The minimum atomic E-state index is -0.758. The summed E-state index contributed by atoms with van der Waals surface area (Å²) in [5.74, 6) is 1.21. The van der Waals surface area contributed by atoms with Crippen LogP contribution in [0.3, 0.4) is 0 Å². The highest BCUT2D eigenvalue weighted by atomic mass is 32.2. The van der Waals surface area contributed by atoms with Crippen LogP contribution in [-0.2, 0) is 5.75 Å². The maximum absolute atomic E-state index is 12.1. The Morgan fingerprint density at radius 3 is 2.89 bits per heavy atom. The average Bonchev–Trinajstić information content (AvgIpc) is 2.44. The zero-order valence-electron chi connectivity index (χ0n) is 10.6. The van der Waals surface area contributed by atoms with Crippen LogP contribution >= 0.6 is 11.8 Å². The lowest BCUT2D eigenvalue weighted by Gasteiger charge is -2.11. The van der Waals surface area contributed by atoms with Gasteiger partial charge in [0.25, 0.3) is 0 Å². The Balaban J connectivity index is 2.21. The lowest BCUT2D eigenvalue weighted by atomic mass is 10.2. The van der Waals surface area contributed by atoms with Crippen LogP contribution in [0.15, 0.2) is 24.3 Å². The third kappa shape index (κ3) is 3.15. The summed E-state index contributed by atoms with van der Waals surface area (Å²) in [6.07, 6.45) is -0.758. The summed E-state index contributed by atoms with van der Waals surface area (Å²) in [6, 6.07) is 7.51. The molecule has 1 aromatic carbocycles. The molecule has 102 valence electrons. The average molecular weight is 280 g/mol. The Morgan fingerprint density at radius 1 is 1.42 bits per heavy atom. The first-order valence-corrected chi connectivity index (χ1v) is 7.13. The minimum absolute atomic E-state index is 0.269. The van der Waals surface area contributed by atoms with Crippen molar-refractivity contribution in [3.8, 4) is 0 Å². The van der Waals surface area contributed by atoms with Gasteiger partial charge in [-0.15, -0.1) is 11.8 Å². The van der Waals surface area contributed by atoms with Crippen molar-refractivity contribution < 1.29 is 14.9 Å². The van der Waals surface area contributed by atoms with Gasteiger partial charge in [0.05, 0.1) is 23.8 Å². The fourth-order valence-electron chi connectivity index (χ4n) is 1.79. The van der Waals surface area contributed by atoms with Crippen LogP contribution in [0.4, 0.5) is 0 Å². The van der Waals surface area contributed by atoms with E-state index in [4.69, 9.17) is 5.11 Å². The Bertz CT molecular complexity index is 577. The van der Waals surface area contributed by atoms with E-state index < -0.39 is 6.10 Å². The molecule has 6 heteroatoms. The molecule has 0 bridgehead atoms. The molecule has 2 rings (SSSR count). The lowest BCUT2D eigenvalue weighted by Crippen LogP contribution is -2.36. The summed E-state index contributed by atoms with van der Waals surface area (Å²) < 4.78 is 0.834. The fourth-order valence-corrected chi connectivity index (χ4v) is 2.65. The fraction of sp³-hybridized carbons (Fsp3) is 0.385. The molecular weight excluding hydrogens is 264 g/mol.